The number of carbonyl (C=O) groups is 2. The van der Waals surface area contributed by atoms with E-state index < -0.39 is 32.6 Å². The summed E-state index contributed by atoms with van der Waals surface area (Å²) in [5.74, 6) is -1.03. The summed E-state index contributed by atoms with van der Waals surface area (Å²) < 4.78 is 56.8. The van der Waals surface area contributed by atoms with Crippen LogP contribution in [0.25, 0.3) is 0 Å². The van der Waals surface area contributed by atoms with Crippen LogP contribution in [0.4, 0.5) is 10.1 Å². The Morgan fingerprint density at radius 2 is 1.96 bits per heavy atom. The molecule has 2 aromatic rings. The zero-order chi connectivity index (χ0) is 32.1. The van der Waals surface area contributed by atoms with Gasteiger partial charge >= 0.3 is 0 Å². The number of allylic oxidation sites excluding steroid dienone is 1. The minimum Gasteiger partial charge on any atom is -0.491 e. The van der Waals surface area contributed by atoms with Gasteiger partial charge < -0.3 is 14.4 Å². The highest BCUT2D eigenvalue weighted by Gasteiger charge is 2.53. The van der Waals surface area contributed by atoms with Gasteiger partial charge in [-0.1, -0.05) is 30.7 Å². The number of aldehydes is 1. The number of hydrogen-bond donors (Lipinski definition) is 1. The number of rotatable bonds is 2. The number of anilines is 1. The molecule has 0 unspecified atom stereocenters. The van der Waals surface area contributed by atoms with Gasteiger partial charge in [0.05, 0.1) is 22.6 Å². The molecule has 242 valence electrons. The van der Waals surface area contributed by atoms with Crippen LogP contribution >= 0.6 is 11.6 Å². The molecule has 1 N–H and O–H groups in total. The Hall–Kier alpha value is -2.95. The van der Waals surface area contributed by atoms with Crippen LogP contribution in [0.2, 0.25) is 5.02 Å². The first-order valence-corrected chi connectivity index (χ1v) is 17.7. The Bertz CT molecular complexity index is 1650. The molecule has 1 amide bonds. The molecule has 2 aromatic carbocycles. The smallest absolute Gasteiger partial charge is 0.264 e. The second kappa shape index (κ2) is 12.3. The summed E-state index contributed by atoms with van der Waals surface area (Å²) in [5, 5.41) is -0.792. The lowest BCUT2D eigenvalue weighted by molar-refractivity contribution is -0.139. The lowest BCUT2D eigenvalue weighted by Gasteiger charge is -2.52. The monoisotopic (exact) mass is 658 g/mol. The maximum atomic E-state index is 15.4. The highest BCUT2D eigenvalue weighted by Crippen LogP contribution is 2.52. The SMILES string of the molecule is CO[C@@]1(C=O)C2=C[C@@H](C2)[C@H](C)[C@@H](C)S(=O)(=O)NC(=O)c2ccc3c(c2)N(Cc2ccc(Cl)c(F)c2CCCCO3)C[C@@H]2CC[C@H]21. The number of halogens is 2. The second-order valence-electron chi connectivity index (χ2n) is 13.0. The molecule has 0 saturated heterocycles. The fraction of sp³-hybridized carbons (Fsp3) is 0.529. The van der Waals surface area contributed by atoms with Gasteiger partial charge in [-0.15, -0.1) is 0 Å². The van der Waals surface area contributed by atoms with E-state index >= 15 is 4.39 Å². The van der Waals surface area contributed by atoms with Crippen molar-refractivity contribution in [1.82, 2.24) is 4.72 Å². The zero-order valence-corrected chi connectivity index (χ0v) is 27.4. The molecule has 3 heterocycles. The number of benzene rings is 2. The summed E-state index contributed by atoms with van der Waals surface area (Å²) in [6, 6.07) is 8.33. The van der Waals surface area contributed by atoms with Gasteiger partial charge in [0.1, 0.15) is 17.2 Å². The largest absolute Gasteiger partial charge is 0.491 e. The van der Waals surface area contributed by atoms with Crippen molar-refractivity contribution in [2.24, 2.45) is 23.7 Å². The third-order valence-corrected chi connectivity index (χ3v) is 12.9. The van der Waals surface area contributed by atoms with E-state index in [9.17, 15) is 18.0 Å². The van der Waals surface area contributed by atoms with Gasteiger partial charge in [-0.05, 0) is 104 Å². The number of carbonyl (C=O) groups excluding carboxylic acids is 2. The van der Waals surface area contributed by atoms with E-state index in [-0.39, 0.29) is 34.3 Å². The molecule has 7 rings (SSSR count). The predicted molar refractivity (Wildman–Crippen MR) is 171 cm³/mol. The molecule has 1 saturated carbocycles. The van der Waals surface area contributed by atoms with Crippen molar-refractivity contribution in [2.75, 3.05) is 25.2 Å². The molecule has 3 aliphatic heterocycles. The molecular weight excluding hydrogens is 619 g/mol. The summed E-state index contributed by atoms with van der Waals surface area (Å²) in [6.07, 6.45) is 6.97. The third kappa shape index (κ3) is 5.67. The minimum atomic E-state index is -4.03. The van der Waals surface area contributed by atoms with Crippen molar-refractivity contribution >= 4 is 39.5 Å². The van der Waals surface area contributed by atoms with Crippen molar-refractivity contribution < 1.29 is 31.9 Å². The average molecular weight is 659 g/mol. The van der Waals surface area contributed by atoms with Crippen LogP contribution in [0.3, 0.4) is 0 Å². The zero-order valence-electron chi connectivity index (χ0n) is 25.9. The molecule has 6 atom stereocenters. The molecule has 45 heavy (non-hydrogen) atoms. The van der Waals surface area contributed by atoms with Crippen molar-refractivity contribution in [3.8, 4) is 5.75 Å². The Morgan fingerprint density at radius 1 is 1.18 bits per heavy atom. The molecule has 0 aromatic heterocycles. The number of methoxy groups -OCH3 is 1. The molecular formula is C34H40ClFN2O6S. The van der Waals surface area contributed by atoms with Crippen LogP contribution in [-0.4, -0.2) is 51.7 Å². The van der Waals surface area contributed by atoms with Gasteiger partial charge in [-0.3, -0.25) is 9.59 Å². The van der Waals surface area contributed by atoms with Crippen molar-refractivity contribution in [1.29, 1.82) is 0 Å². The van der Waals surface area contributed by atoms with Gasteiger partial charge in [-0.2, -0.15) is 0 Å². The van der Waals surface area contributed by atoms with Crippen molar-refractivity contribution in [3.63, 3.8) is 0 Å². The van der Waals surface area contributed by atoms with Crippen LogP contribution in [0.5, 0.6) is 5.75 Å². The fourth-order valence-electron chi connectivity index (χ4n) is 7.50. The lowest BCUT2D eigenvalue weighted by atomic mass is 9.58. The Balaban J connectivity index is 1.50. The van der Waals surface area contributed by atoms with Crippen LogP contribution < -0.4 is 14.4 Å². The lowest BCUT2D eigenvalue weighted by Crippen LogP contribution is -2.56. The highest BCUT2D eigenvalue weighted by molar-refractivity contribution is 7.90. The van der Waals surface area contributed by atoms with E-state index in [1.165, 1.54) is 0 Å². The highest BCUT2D eigenvalue weighted by atomic mass is 35.5. The average Bonchev–Trinajstić information content (AvgIpc) is 3.01. The maximum absolute atomic E-state index is 15.4. The van der Waals surface area contributed by atoms with Crippen LogP contribution in [0.15, 0.2) is 42.0 Å². The van der Waals surface area contributed by atoms with E-state index in [0.717, 1.165) is 30.3 Å². The predicted octanol–water partition coefficient (Wildman–Crippen LogP) is 5.86. The summed E-state index contributed by atoms with van der Waals surface area (Å²) in [6.45, 7) is 4.63. The number of ether oxygens (including phenoxy) is 2. The van der Waals surface area contributed by atoms with Crippen LogP contribution in [0, 0.1) is 29.5 Å². The first kappa shape index (κ1) is 32.0. The Kier molecular flexibility index (Phi) is 8.78. The fourth-order valence-corrected chi connectivity index (χ4v) is 9.01. The molecule has 1 fully saturated rings. The minimum absolute atomic E-state index is 0.0517. The third-order valence-electron chi connectivity index (χ3n) is 10.7. The van der Waals surface area contributed by atoms with E-state index in [2.05, 4.69) is 9.62 Å². The number of amides is 1. The topological polar surface area (TPSA) is 102 Å². The van der Waals surface area contributed by atoms with E-state index in [4.69, 9.17) is 21.1 Å². The van der Waals surface area contributed by atoms with E-state index in [1.807, 2.05) is 19.1 Å². The summed E-state index contributed by atoms with van der Waals surface area (Å²) in [4.78, 5) is 28.4. The Morgan fingerprint density at radius 3 is 2.64 bits per heavy atom. The van der Waals surface area contributed by atoms with Gasteiger partial charge in [0, 0.05) is 31.7 Å². The summed E-state index contributed by atoms with van der Waals surface area (Å²) in [5.41, 5.74) is 1.85. The van der Waals surface area contributed by atoms with Crippen molar-refractivity contribution in [3.05, 3.63) is 69.5 Å². The number of hydrogen-bond acceptors (Lipinski definition) is 7. The molecule has 4 bridgehead atoms. The van der Waals surface area contributed by atoms with Gasteiger partial charge in [0.15, 0.2) is 6.29 Å². The first-order valence-electron chi connectivity index (χ1n) is 15.7. The molecule has 11 heteroatoms. The molecule has 0 radical (unpaired) electrons. The quantitative estimate of drug-likeness (QED) is 0.319. The van der Waals surface area contributed by atoms with Crippen LogP contribution in [-0.2, 0) is 32.5 Å². The van der Waals surface area contributed by atoms with Gasteiger partial charge in [0.25, 0.3) is 5.91 Å². The summed E-state index contributed by atoms with van der Waals surface area (Å²) in [7, 11) is -2.47. The normalized spacial score (nSPS) is 31.3. The van der Waals surface area contributed by atoms with E-state index in [0.29, 0.717) is 62.4 Å². The van der Waals surface area contributed by atoms with Gasteiger partial charge in [0.2, 0.25) is 10.0 Å². The number of sulfonamides is 1. The van der Waals surface area contributed by atoms with E-state index in [1.54, 1.807) is 38.3 Å². The molecule has 0 spiro atoms. The summed E-state index contributed by atoms with van der Waals surface area (Å²) >= 11 is 6.21. The number of nitrogens with one attached hydrogen (secondary N) is 1. The number of nitrogens with zero attached hydrogens (tertiary/aromatic N) is 1. The van der Waals surface area contributed by atoms with Crippen LogP contribution in [0.1, 0.15) is 67.4 Å². The first-order chi connectivity index (χ1) is 21.5. The van der Waals surface area contributed by atoms with Gasteiger partial charge in [-0.25, -0.2) is 17.5 Å². The maximum Gasteiger partial charge on any atom is 0.264 e. The molecule has 8 nitrogen and oxygen atoms in total. The molecule has 2 aliphatic carbocycles. The second-order valence-corrected chi connectivity index (χ2v) is 15.5. The standard InChI is InChI=1S/C34H40ClFN2O6S/c1-20-21(2)45(41,42)37-33(40)22-9-12-31-30(16-22)38(17-23-8-11-29(35)32(36)27(23)6-4-5-13-44-31)18-24-7-10-28(24)34(19-39,43-3)26-14-25(20)15-26/h8-9,11-12,14,16,19-21,24-25,28H,4-7,10,13,15,17-18H2,1-3H3,(H,37,40)/t20-,21-,24+,25+,28-,34+/m1/s1. The number of fused-ring (bicyclic) bond motifs is 5. The van der Waals surface area contributed by atoms with Crippen molar-refractivity contribution in [2.45, 2.75) is 69.8 Å². The molecule has 5 aliphatic rings. The Labute approximate surface area is 269 Å².